The summed E-state index contributed by atoms with van der Waals surface area (Å²) in [6.07, 6.45) is 10.3. The van der Waals surface area contributed by atoms with Crippen LogP contribution in [0.5, 0.6) is 0 Å². The summed E-state index contributed by atoms with van der Waals surface area (Å²) in [5.41, 5.74) is 0.914. The lowest BCUT2D eigenvalue weighted by atomic mass is 9.64. The number of benzene rings is 1. The van der Waals surface area contributed by atoms with Crippen LogP contribution in [0.15, 0.2) is 24.3 Å². The Kier molecular flexibility index (Phi) is 6.35. The van der Waals surface area contributed by atoms with Crippen molar-refractivity contribution >= 4 is 17.8 Å². The highest BCUT2D eigenvalue weighted by Gasteiger charge is 2.56. The van der Waals surface area contributed by atoms with Gasteiger partial charge in [0.25, 0.3) is 5.91 Å². The van der Waals surface area contributed by atoms with Crippen molar-refractivity contribution in [1.29, 1.82) is 0 Å². The summed E-state index contributed by atoms with van der Waals surface area (Å²) in [5.74, 6) is -1.04. The minimum atomic E-state index is -0.730. The van der Waals surface area contributed by atoms with E-state index < -0.39 is 23.5 Å². The second-order valence-corrected chi connectivity index (χ2v) is 9.40. The van der Waals surface area contributed by atoms with E-state index in [0.29, 0.717) is 5.56 Å². The topological polar surface area (TPSA) is 75.7 Å². The highest BCUT2D eigenvalue weighted by atomic mass is 16.5. The van der Waals surface area contributed by atoms with E-state index in [1.807, 2.05) is 24.3 Å². The maximum Gasteiger partial charge on any atom is 0.328 e. The average molecular weight is 427 g/mol. The highest BCUT2D eigenvalue weighted by Crippen LogP contribution is 2.51. The number of hydrogen-bond acceptors (Lipinski definition) is 4. The van der Waals surface area contributed by atoms with E-state index in [-0.39, 0.29) is 17.9 Å². The molecular formula is C25H34N2O4. The number of amides is 2. The first-order chi connectivity index (χ1) is 15.0. The van der Waals surface area contributed by atoms with Crippen LogP contribution in [0.25, 0.3) is 0 Å². The largest absolute Gasteiger partial charge is 0.467 e. The predicted molar refractivity (Wildman–Crippen MR) is 118 cm³/mol. The maximum atomic E-state index is 13.9. The zero-order chi connectivity index (χ0) is 22.0. The molecule has 0 saturated heterocycles. The summed E-state index contributed by atoms with van der Waals surface area (Å²) >= 11 is 0. The van der Waals surface area contributed by atoms with Crippen LogP contribution in [-0.4, -0.2) is 47.4 Å². The van der Waals surface area contributed by atoms with E-state index in [2.05, 4.69) is 10.2 Å². The van der Waals surface area contributed by atoms with Gasteiger partial charge >= 0.3 is 5.97 Å². The van der Waals surface area contributed by atoms with Gasteiger partial charge in [-0.2, -0.15) is 0 Å². The number of carbonyl (C=O) groups excluding carboxylic acids is 3. The van der Waals surface area contributed by atoms with Crippen molar-refractivity contribution in [3.8, 4) is 0 Å². The van der Waals surface area contributed by atoms with Gasteiger partial charge < -0.3 is 15.0 Å². The number of ether oxygens (including phenoxy) is 1. The molecule has 2 saturated carbocycles. The molecule has 0 radical (unpaired) electrons. The SMILES string of the molecule is COC(=O)[C@H](C)NC(=O)[C@@H]1c2ccccc2C(=O)N(C2CCCCC2)C12CCCCC2. The van der Waals surface area contributed by atoms with Gasteiger partial charge in [0.2, 0.25) is 5.91 Å². The number of hydrogen-bond donors (Lipinski definition) is 1. The van der Waals surface area contributed by atoms with E-state index >= 15 is 0 Å². The lowest BCUT2D eigenvalue weighted by molar-refractivity contribution is -0.145. The molecule has 2 atom stereocenters. The van der Waals surface area contributed by atoms with Crippen LogP contribution < -0.4 is 5.32 Å². The summed E-state index contributed by atoms with van der Waals surface area (Å²) in [6, 6.07) is 7.01. The fourth-order valence-electron chi connectivity index (χ4n) is 6.18. The molecule has 4 rings (SSSR count). The second kappa shape index (κ2) is 9.01. The molecule has 6 heteroatoms. The number of nitrogens with zero attached hydrogens (tertiary/aromatic N) is 1. The van der Waals surface area contributed by atoms with Gasteiger partial charge in [-0.3, -0.25) is 9.59 Å². The Morgan fingerprint density at radius 3 is 2.39 bits per heavy atom. The normalized spacial score (nSPS) is 24.4. The molecule has 1 heterocycles. The molecule has 6 nitrogen and oxygen atoms in total. The fraction of sp³-hybridized carbons (Fsp3) is 0.640. The first kappa shape index (κ1) is 21.8. The van der Waals surface area contributed by atoms with Crippen molar-refractivity contribution in [1.82, 2.24) is 10.2 Å². The van der Waals surface area contributed by atoms with Gasteiger partial charge in [-0.15, -0.1) is 0 Å². The van der Waals surface area contributed by atoms with Crippen LogP contribution in [0, 0.1) is 0 Å². The molecule has 1 aliphatic heterocycles. The van der Waals surface area contributed by atoms with Crippen molar-refractivity contribution in [2.75, 3.05) is 7.11 Å². The van der Waals surface area contributed by atoms with Gasteiger partial charge in [-0.05, 0) is 44.2 Å². The third-order valence-electron chi connectivity index (χ3n) is 7.57. The van der Waals surface area contributed by atoms with Gasteiger partial charge in [0.15, 0.2) is 0 Å². The molecule has 31 heavy (non-hydrogen) atoms. The Morgan fingerprint density at radius 2 is 1.71 bits per heavy atom. The first-order valence-corrected chi connectivity index (χ1v) is 11.8. The van der Waals surface area contributed by atoms with E-state index in [1.54, 1.807) is 6.92 Å². The molecule has 1 aromatic carbocycles. The molecule has 2 fully saturated rings. The van der Waals surface area contributed by atoms with Crippen molar-refractivity contribution in [3.63, 3.8) is 0 Å². The summed E-state index contributed by atoms with van der Waals surface area (Å²) in [4.78, 5) is 41.7. The van der Waals surface area contributed by atoms with E-state index in [4.69, 9.17) is 4.74 Å². The van der Waals surface area contributed by atoms with Crippen LogP contribution in [0.4, 0.5) is 0 Å². The minimum absolute atomic E-state index is 0.0782. The van der Waals surface area contributed by atoms with Crippen LogP contribution in [0.1, 0.15) is 93.0 Å². The van der Waals surface area contributed by atoms with Gasteiger partial charge in [0, 0.05) is 11.6 Å². The number of esters is 1. The summed E-state index contributed by atoms with van der Waals surface area (Å²) < 4.78 is 4.82. The third-order valence-corrected chi connectivity index (χ3v) is 7.57. The van der Waals surface area contributed by atoms with Gasteiger partial charge in [0.1, 0.15) is 6.04 Å². The Hall–Kier alpha value is -2.37. The number of rotatable bonds is 4. The molecule has 1 N–H and O–H groups in total. The molecule has 1 spiro atoms. The average Bonchev–Trinajstić information content (AvgIpc) is 2.80. The molecule has 1 aromatic rings. The number of nitrogens with one attached hydrogen (secondary N) is 1. The Bertz CT molecular complexity index is 840. The fourth-order valence-corrected chi connectivity index (χ4v) is 6.18. The smallest absolute Gasteiger partial charge is 0.328 e. The standard InChI is InChI=1S/C25H34N2O4/c1-17(24(30)31-2)26-22(28)21-19-13-7-8-14-20(19)23(29)27(18-11-5-3-6-12-18)25(21)15-9-4-10-16-25/h7-8,13-14,17-18,21H,3-6,9-12,15-16H2,1-2H3,(H,26,28)/t17-,21-/m0/s1. The molecular weight excluding hydrogens is 392 g/mol. The predicted octanol–water partition coefficient (Wildman–Crippen LogP) is 3.94. The monoisotopic (exact) mass is 426 g/mol. The van der Waals surface area contributed by atoms with E-state index in [1.165, 1.54) is 13.5 Å². The minimum Gasteiger partial charge on any atom is -0.467 e. The lowest BCUT2D eigenvalue weighted by Crippen LogP contribution is -2.66. The van der Waals surface area contributed by atoms with Gasteiger partial charge in [-0.25, -0.2) is 4.79 Å². The molecule has 2 amide bonds. The molecule has 168 valence electrons. The second-order valence-electron chi connectivity index (χ2n) is 9.40. The van der Waals surface area contributed by atoms with Gasteiger partial charge in [0.05, 0.1) is 18.6 Å². The van der Waals surface area contributed by atoms with Crippen molar-refractivity contribution in [2.24, 2.45) is 0 Å². The summed E-state index contributed by atoms with van der Waals surface area (Å²) in [6.45, 7) is 1.65. The van der Waals surface area contributed by atoms with E-state index in [0.717, 1.165) is 63.4 Å². The maximum absolute atomic E-state index is 13.9. The Labute approximate surface area is 184 Å². The molecule has 3 aliphatic rings. The van der Waals surface area contributed by atoms with Crippen molar-refractivity contribution in [3.05, 3.63) is 35.4 Å². The zero-order valence-corrected chi connectivity index (χ0v) is 18.7. The Balaban J connectivity index is 1.81. The first-order valence-electron chi connectivity index (χ1n) is 11.8. The zero-order valence-electron chi connectivity index (χ0n) is 18.7. The van der Waals surface area contributed by atoms with E-state index in [9.17, 15) is 14.4 Å². The Morgan fingerprint density at radius 1 is 1.06 bits per heavy atom. The highest BCUT2D eigenvalue weighted by molar-refractivity contribution is 6.02. The molecule has 0 unspecified atom stereocenters. The van der Waals surface area contributed by atoms with Crippen molar-refractivity contribution < 1.29 is 19.1 Å². The van der Waals surface area contributed by atoms with Gasteiger partial charge in [-0.1, -0.05) is 56.7 Å². The summed E-state index contributed by atoms with van der Waals surface area (Å²) in [7, 11) is 1.33. The quantitative estimate of drug-likeness (QED) is 0.740. The third kappa shape index (κ3) is 3.85. The van der Waals surface area contributed by atoms with Crippen LogP contribution in [0.2, 0.25) is 0 Å². The van der Waals surface area contributed by atoms with Crippen LogP contribution in [-0.2, 0) is 14.3 Å². The molecule has 2 aliphatic carbocycles. The number of fused-ring (bicyclic) bond motifs is 1. The summed E-state index contributed by atoms with van der Waals surface area (Å²) in [5, 5.41) is 2.90. The molecule has 0 aromatic heterocycles. The van der Waals surface area contributed by atoms with Crippen LogP contribution >= 0.6 is 0 Å². The van der Waals surface area contributed by atoms with Crippen molar-refractivity contribution in [2.45, 2.75) is 94.7 Å². The lowest BCUT2D eigenvalue weighted by Gasteiger charge is -2.57. The van der Waals surface area contributed by atoms with Crippen LogP contribution in [0.3, 0.4) is 0 Å². The number of methoxy groups -OCH3 is 1. The molecule has 0 bridgehead atoms. The number of carbonyl (C=O) groups is 3.